The van der Waals surface area contributed by atoms with Gasteiger partial charge in [0, 0.05) is 55.2 Å². The number of nitrogens with one attached hydrogen (secondary N) is 2. The Hall–Kier alpha value is -3.55. The van der Waals surface area contributed by atoms with Crippen molar-refractivity contribution >= 4 is 23.0 Å². The Labute approximate surface area is 205 Å². The molecule has 3 aromatic rings. The maximum Gasteiger partial charge on any atom is 0.410 e. The van der Waals surface area contributed by atoms with E-state index in [9.17, 15) is 14.0 Å². The molecule has 35 heavy (non-hydrogen) atoms. The summed E-state index contributed by atoms with van der Waals surface area (Å²) < 4.78 is 19.1. The minimum Gasteiger partial charge on any atom is -0.444 e. The third-order valence-corrected chi connectivity index (χ3v) is 6.24. The topological polar surface area (TPSA) is 77.7 Å². The summed E-state index contributed by atoms with van der Waals surface area (Å²) in [5, 5.41) is 4.16. The van der Waals surface area contributed by atoms with Crippen LogP contribution in [0.2, 0.25) is 0 Å². The molecule has 1 atom stereocenters. The number of urea groups is 1. The fourth-order valence-electron chi connectivity index (χ4n) is 4.55. The minimum atomic E-state index is -0.554. The monoisotopic (exact) mass is 480 g/mol. The molecule has 0 radical (unpaired) electrons. The number of amides is 3. The molecule has 0 saturated carbocycles. The molecule has 8 heteroatoms. The standard InChI is InChI=1S/C27H33FN4O3/c1-18-24(21-7-5-6-8-23(21)30-18)22(19-9-11-20(28)12-10-19)17-29-25(33)31-13-15-32(16-14-31)26(34)35-27(2,3)4/h5-12,22,30H,13-17H2,1-4H3,(H,29,33)/t22-/m0/s1. The van der Waals surface area contributed by atoms with Crippen LogP contribution in [0.3, 0.4) is 0 Å². The summed E-state index contributed by atoms with van der Waals surface area (Å²) in [5.74, 6) is -0.450. The molecule has 1 saturated heterocycles. The second kappa shape index (κ2) is 9.98. The Balaban J connectivity index is 1.46. The van der Waals surface area contributed by atoms with Gasteiger partial charge in [-0.15, -0.1) is 0 Å². The van der Waals surface area contributed by atoms with E-state index in [2.05, 4.69) is 16.4 Å². The molecule has 0 spiro atoms. The van der Waals surface area contributed by atoms with E-state index in [4.69, 9.17) is 4.74 Å². The highest BCUT2D eigenvalue weighted by Gasteiger charge is 2.28. The zero-order valence-corrected chi connectivity index (χ0v) is 20.7. The van der Waals surface area contributed by atoms with E-state index in [-0.39, 0.29) is 23.9 Å². The number of rotatable bonds is 4. The number of aromatic nitrogens is 1. The lowest BCUT2D eigenvalue weighted by Gasteiger charge is -2.35. The molecule has 7 nitrogen and oxygen atoms in total. The van der Waals surface area contributed by atoms with Gasteiger partial charge in [-0.2, -0.15) is 0 Å². The van der Waals surface area contributed by atoms with E-state index in [1.54, 1.807) is 21.9 Å². The van der Waals surface area contributed by atoms with E-state index in [1.807, 2.05) is 45.9 Å². The molecule has 2 heterocycles. The maximum absolute atomic E-state index is 13.6. The number of hydrogen-bond acceptors (Lipinski definition) is 3. The number of halogens is 1. The van der Waals surface area contributed by atoms with Crippen LogP contribution in [-0.2, 0) is 4.74 Å². The quantitative estimate of drug-likeness (QED) is 0.551. The van der Waals surface area contributed by atoms with Gasteiger partial charge in [-0.3, -0.25) is 0 Å². The summed E-state index contributed by atoms with van der Waals surface area (Å²) in [6.07, 6.45) is -0.358. The van der Waals surface area contributed by atoms with Gasteiger partial charge in [-0.05, 0) is 57.0 Å². The summed E-state index contributed by atoms with van der Waals surface area (Å²) in [7, 11) is 0. The van der Waals surface area contributed by atoms with E-state index in [0.717, 1.165) is 27.7 Å². The Morgan fingerprint density at radius 3 is 2.31 bits per heavy atom. The van der Waals surface area contributed by atoms with Crippen molar-refractivity contribution in [3.8, 4) is 0 Å². The number of nitrogens with zero attached hydrogens (tertiary/aromatic N) is 2. The number of benzene rings is 2. The van der Waals surface area contributed by atoms with Crippen LogP contribution in [0.5, 0.6) is 0 Å². The van der Waals surface area contributed by atoms with E-state index >= 15 is 0 Å². The fourth-order valence-corrected chi connectivity index (χ4v) is 4.55. The third-order valence-electron chi connectivity index (χ3n) is 6.24. The lowest BCUT2D eigenvalue weighted by molar-refractivity contribution is 0.0170. The number of carbonyl (C=O) groups excluding carboxylic acids is 2. The van der Waals surface area contributed by atoms with Gasteiger partial charge in [-0.25, -0.2) is 14.0 Å². The van der Waals surface area contributed by atoms with Gasteiger partial charge in [0.25, 0.3) is 0 Å². The minimum absolute atomic E-state index is 0.154. The first-order valence-corrected chi connectivity index (χ1v) is 12.0. The number of hydrogen-bond donors (Lipinski definition) is 2. The largest absolute Gasteiger partial charge is 0.444 e. The van der Waals surface area contributed by atoms with Crippen LogP contribution in [0.4, 0.5) is 14.0 Å². The SMILES string of the molecule is Cc1[nH]c2ccccc2c1[C@@H](CNC(=O)N1CCN(C(=O)OC(C)(C)C)CC1)c1ccc(F)cc1. The van der Waals surface area contributed by atoms with Crippen molar-refractivity contribution < 1.29 is 18.7 Å². The number of piperazine rings is 1. The first-order valence-electron chi connectivity index (χ1n) is 12.0. The van der Waals surface area contributed by atoms with Gasteiger partial charge in [0.05, 0.1) is 0 Å². The van der Waals surface area contributed by atoms with E-state index in [1.165, 1.54) is 12.1 Å². The van der Waals surface area contributed by atoms with Crippen molar-refractivity contribution in [3.05, 3.63) is 71.2 Å². The average Bonchev–Trinajstić information content (AvgIpc) is 3.15. The summed E-state index contributed by atoms with van der Waals surface area (Å²) in [6, 6.07) is 14.3. The van der Waals surface area contributed by atoms with Gasteiger partial charge in [0.15, 0.2) is 0 Å². The Morgan fingerprint density at radius 2 is 1.66 bits per heavy atom. The molecule has 1 fully saturated rings. The highest BCUT2D eigenvalue weighted by atomic mass is 19.1. The van der Waals surface area contributed by atoms with Crippen molar-refractivity contribution in [2.75, 3.05) is 32.7 Å². The fraction of sp³-hybridized carbons (Fsp3) is 0.407. The number of carbonyl (C=O) groups is 2. The van der Waals surface area contributed by atoms with Crippen LogP contribution in [0.15, 0.2) is 48.5 Å². The summed E-state index contributed by atoms with van der Waals surface area (Å²) in [6.45, 7) is 9.58. The summed E-state index contributed by atoms with van der Waals surface area (Å²) in [4.78, 5) is 32.1. The van der Waals surface area contributed by atoms with E-state index in [0.29, 0.717) is 32.7 Å². The van der Waals surface area contributed by atoms with Crippen molar-refractivity contribution in [1.82, 2.24) is 20.1 Å². The lowest BCUT2D eigenvalue weighted by Crippen LogP contribution is -2.54. The van der Waals surface area contributed by atoms with Crippen LogP contribution in [0, 0.1) is 12.7 Å². The van der Waals surface area contributed by atoms with Crippen LogP contribution in [0.1, 0.15) is 43.5 Å². The molecule has 4 rings (SSSR count). The van der Waals surface area contributed by atoms with Crippen molar-refractivity contribution in [1.29, 1.82) is 0 Å². The predicted octanol–water partition coefficient (Wildman–Crippen LogP) is 5.01. The summed E-state index contributed by atoms with van der Waals surface area (Å²) in [5.41, 5.74) is 3.50. The molecular weight excluding hydrogens is 447 g/mol. The van der Waals surface area contributed by atoms with Crippen molar-refractivity contribution in [2.45, 2.75) is 39.2 Å². The van der Waals surface area contributed by atoms with Crippen LogP contribution < -0.4 is 5.32 Å². The van der Waals surface area contributed by atoms with Gasteiger partial charge in [0.1, 0.15) is 11.4 Å². The highest BCUT2D eigenvalue weighted by molar-refractivity contribution is 5.86. The van der Waals surface area contributed by atoms with Gasteiger partial charge < -0.3 is 24.8 Å². The zero-order valence-electron chi connectivity index (χ0n) is 20.7. The first-order chi connectivity index (χ1) is 16.6. The predicted molar refractivity (Wildman–Crippen MR) is 134 cm³/mol. The molecule has 2 aromatic carbocycles. The molecule has 0 bridgehead atoms. The smallest absolute Gasteiger partial charge is 0.410 e. The molecule has 1 aliphatic rings. The number of para-hydroxylation sites is 1. The van der Waals surface area contributed by atoms with Crippen LogP contribution >= 0.6 is 0 Å². The molecule has 1 aliphatic heterocycles. The Kier molecular flexibility index (Phi) is 7.00. The first kappa shape index (κ1) is 24.6. The normalized spacial score (nSPS) is 15.2. The second-order valence-corrected chi connectivity index (χ2v) is 9.95. The molecule has 0 aliphatic carbocycles. The lowest BCUT2D eigenvalue weighted by atomic mass is 9.89. The molecule has 1 aromatic heterocycles. The van der Waals surface area contributed by atoms with Crippen LogP contribution in [-0.4, -0.2) is 65.2 Å². The zero-order chi connectivity index (χ0) is 25.2. The number of aryl methyl sites for hydroxylation is 1. The third kappa shape index (κ3) is 5.75. The molecule has 0 unspecified atom stereocenters. The molecule has 3 amide bonds. The van der Waals surface area contributed by atoms with E-state index < -0.39 is 5.60 Å². The molecular formula is C27H33FN4O3. The van der Waals surface area contributed by atoms with Gasteiger partial charge in [-0.1, -0.05) is 30.3 Å². The number of ether oxygens (including phenoxy) is 1. The van der Waals surface area contributed by atoms with Gasteiger partial charge in [0.2, 0.25) is 0 Å². The van der Waals surface area contributed by atoms with Crippen molar-refractivity contribution in [2.24, 2.45) is 0 Å². The van der Waals surface area contributed by atoms with Crippen molar-refractivity contribution in [3.63, 3.8) is 0 Å². The number of H-pyrrole nitrogens is 1. The number of aromatic amines is 1. The number of fused-ring (bicyclic) bond motifs is 1. The average molecular weight is 481 g/mol. The maximum atomic E-state index is 13.6. The highest BCUT2D eigenvalue weighted by Crippen LogP contribution is 2.33. The van der Waals surface area contributed by atoms with Crippen LogP contribution in [0.25, 0.3) is 10.9 Å². The summed E-state index contributed by atoms with van der Waals surface area (Å²) >= 11 is 0. The Morgan fingerprint density at radius 1 is 1.03 bits per heavy atom. The molecule has 186 valence electrons. The van der Waals surface area contributed by atoms with Gasteiger partial charge >= 0.3 is 12.1 Å². The molecule has 2 N–H and O–H groups in total. The second-order valence-electron chi connectivity index (χ2n) is 9.95. The Bertz CT molecular complexity index is 1190.